The zero-order chi connectivity index (χ0) is 15.1. The van der Waals surface area contributed by atoms with Gasteiger partial charge >= 0.3 is 12.0 Å². The Labute approximate surface area is 116 Å². The van der Waals surface area contributed by atoms with Crippen LogP contribution in [0, 0.1) is 0 Å². The molecular weight excluding hydrogens is 264 g/mol. The molecule has 0 aliphatic rings. The number of nitrogens with one attached hydrogen (secondary N) is 1. The standard InChI is InChI=1S/C13H18N2O5/c1-15(13(19)14-11(8-16)12(17)18)7-9-3-5-10(20-2)6-4-9/h3-6,11,16H,7-8H2,1-2H3,(H,14,19)(H,17,18)/t11-/m1/s1. The van der Waals surface area contributed by atoms with Crippen molar-refractivity contribution in [1.29, 1.82) is 0 Å². The number of nitrogens with zero attached hydrogens (tertiary/aromatic N) is 1. The van der Waals surface area contributed by atoms with Crippen LogP contribution in [-0.2, 0) is 11.3 Å². The molecule has 0 bridgehead atoms. The van der Waals surface area contributed by atoms with Gasteiger partial charge in [0.15, 0.2) is 6.04 Å². The van der Waals surface area contributed by atoms with Gasteiger partial charge in [0.2, 0.25) is 0 Å². The van der Waals surface area contributed by atoms with Gasteiger partial charge in [0.1, 0.15) is 5.75 Å². The summed E-state index contributed by atoms with van der Waals surface area (Å²) in [6.07, 6.45) is 0. The minimum Gasteiger partial charge on any atom is -0.497 e. The van der Waals surface area contributed by atoms with Crippen molar-refractivity contribution in [2.45, 2.75) is 12.6 Å². The molecule has 110 valence electrons. The number of urea groups is 1. The van der Waals surface area contributed by atoms with E-state index >= 15 is 0 Å². The summed E-state index contributed by atoms with van der Waals surface area (Å²) >= 11 is 0. The van der Waals surface area contributed by atoms with E-state index < -0.39 is 24.6 Å². The number of aliphatic carboxylic acids is 1. The molecule has 0 spiro atoms. The number of amides is 2. The molecular formula is C13H18N2O5. The van der Waals surface area contributed by atoms with E-state index in [0.717, 1.165) is 5.56 Å². The first-order valence-corrected chi connectivity index (χ1v) is 5.96. The maximum Gasteiger partial charge on any atom is 0.328 e. The van der Waals surface area contributed by atoms with Gasteiger partial charge in [-0.25, -0.2) is 9.59 Å². The summed E-state index contributed by atoms with van der Waals surface area (Å²) in [5, 5.41) is 19.8. The number of methoxy groups -OCH3 is 1. The van der Waals surface area contributed by atoms with Crippen LogP contribution < -0.4 is 10.1 Å². The number of aliphatic hydroxyl groups is 1. The molecule has 20 heavy (non-hydrogen) atoms. The highest BCUT2D eigenvalue weighted by Crippen LogP contribution is 2.12. The molecule has 1 atom stereocenters. The Hall–Kier alpha value is -2.28. The van der Waals surface area contributed by atoms with Crippen molar-refractivity contribution in [2.24, 2.45) is 0 Å². The third-order valence-electron chi connectivity index (χ3n) is 2.70. The molecule has 7 heteroatoms. The minimum absolute atomic E-state index is 0.313. The van der Waals surface area contributed by atoms with Crippen molar-refractivity contribution in [3.63, 3.8) is 0 Å². The van der Waals surface area contributed by atoms with Gasteiger partial charge in [-0.1, -0.05) is 12.1 Å². The van der Waals surface area contributed by atoms with E-state index in [9.17, 15) is 9.59 Å². The summed E-state index contributed by atoms with van der Waals surface area (Å²) in [7, 11) is 3.10. The monoisotopic (exact) mass is 282 g/mol. The van der Waals surface area contributed by atoms with Crippen molar-refractivity contribution in [3.8, 4) is 5.75 Å². The summed E-state index contributed by atoms with van der Waals surface area (Å²) in [6, 6.07) is 5.29. The summed E-state index contributed by atoms with van der Waals surface area (Å²) < 4.78 is 5.03. The highest BCUT2D eigenvalue weighted by molar-refractivity contribution is 5.82. The first kappa shape index (κ1) is 15.8. The number of benzene rings is 1. The van der Waals surface area contributed by atoms with E-state index in [1.807, 2.05) is 12.1 Å². The first-order chi connectivity index (χ1) is 9.47. The van der Waals surface area contributed by atoms with E-state index in [1.54, 1.807) is 19.2 Å². The quantitative estimate of drug-likeness (QED) is 0.696. The molecule has 1 rings (SSSR count). The largest absolute Gasteiger partial charge is 0.497 e. The van der Waals surface area contributed by atoms with Gasteiger partial charge in [0, 0.05) is 13.6 Å². The van der Waals surface area contributed by atoms with Crippen molar-refractivity contribution < 1.29 is 24.5 Å². The van der Waals surface area contributed by atoms with Gasteiger partial charge in [-0.2, -0.15) is 0 Å². The second-order valence-electron chi connectivity index (χ2n) is 4.23. The van der Waals surface area contributed by atoms with Gasteiger partial charge in [-0.3, -0.25) is 0 Å². The predicted molar refractivity (Wildman–Crippen MR) is 71.5 cm³/mol. The Bertz CT molecular complexity index is 460. The molecule has 0 radical (unpaired) electrons. The summed E-state index contributed by atoms with van der Waals surface area (Å²) in [6.45, 7) is -0.342. The fourth-order valence-corrected chi connectivity index (χ4v) is 1.52. The second-order valence-corrected chi connectivity index (χ2v) is 4.23. The second kappa shape index (κ2) is 7.34. The maximum atomic E-state index is 11.8. The summed E-state index contributed by atoms with van der Waals surface area (Å²) in [5.41, 5.74) is 0.874. The summed E-state index contributed by atoms with van der Waals surface area (Å²) in [4.78, 5) is 23.8. The van der Waals surface area contributed by atoms with E-state index in [2.05, 4.69) is 5.32 Å². The van der Waals surface area contributed by atoms with Crippen LogP contribution in [0.3, 0.4) is 0 Å². The third-order valence-corrected chi connectivity index (χ3v) is 2.70. The topological polar surface area (TPSA) is 99.1 Å². The molecule has 0 saturated carbocycles. The Morgan fingerprint density at radius 3 is 2.40 bits per heavy atom. The molecule has 0 unspecified atom stereocenters. The van der Waals surface area contributed by atoms with Crippen LogP contribution in [0.4, 0.5) is 4.79 Å². The zero-order valence-electron chi connectivity index (χ0n) is 11.4. The molecule has 2 amide bonds. The Morgan fingerprint density at radius 2 is 1.95 bits per heavy atom. The maximum absolute atomic E-state index is 11.8. The average Bonchev–Trinajstić information content (AvgIpc) is 2.44. The lowest BCUT2D eigenvalue weighted by atomic mass is 10.2. The number of ether oxygens (including phenoxy) is 1. The van der Waals surface area contributed by atoms with E-state index in [4.69, 9.17) is 14.9 Å². The van der Waals surface area contributed by atoms with Crippen molar-refractivity contribution in [2.75, 3.05) is 20.8 Å². The molecule has 0 saturated heterocycles. The van der Waals surface area contributed by atoms with Crippen LogP contribution in [0.2, 0.25) is 0 Å². The molecule has 0 heterocycles. The van der Waals surface area contributed by atoms with Crippen LogP contribution in [0.25, 0.3) is 0 Å². The van der Waals surface area contributed by atoms with Crippen LogP contribution in [0.5, 0.6) is 5.75 Å². The lowest BCUT2D eigenvalue weighted by Crippen LogP contribution is -2.48. The Morgan fingerprint density at radius 1 is 1.35 bits per heavy atom. The van der Waals surface area contributed by atoms with Gasteiger partial charge in [-0.05, 0) is 17.7 Å². The molecule has 0 aliphatic carbocycles. The van der Waals surface area contributed by atoms with Crippen molar-refractivity contribution in [1.82, 2.24) is 10.2 Å². The molecule has 1 aromatic rings. The normalized spacial score (nSPS) is 11.6. The first-order valence-electron chi connectivity index (χ1n) is 5.96. The molecule has 0 fully saturated rings. The van der Waals surface area contributed by atoms with Gasteiger partial charge in [0.25, 0.3) is 0 Å². The number of carboxylic acids is 1. The van der Waals surface area contributed by atoms with Crippen molar-refractivity contribution in [3.05, 3.63) is 29.8 Å². The SMILES string of the molecule is COc1ccc(CN(C)C(=O)N[C@H](CO)C(=O)O)cc1. The molecule has 0 aromatic heterocycles. The average molecular weight is 282 g/mol. The number of rotatable bonds is 6. The van der Waals surface area contributed by atoms with Gasteiger partial charge in [-0.15, -0.1) is 0 Å². The van der Waals surface area contributed by atoms with E-state index in [1.165, 1.54) is 11.9 Å². The smallest absolute Gasteiger partial charge is 0.328 e. The van der Waals surface area contributed by atoms with Gasteiger partial charge in [0.05, 0.1) is 13.7 Å². The fourth-order valence-electron chi connectivity index (χ4n) is 1.52. The Kier molecular flexibility index (Phi) is 5.79. The van der Waals surface area contributed by atoms with Crippen LogP contribution in [-0.4, -0.2) is 53.9 Å². The van der Waals surface area contributed by atoms with Crippen LogP contribution in [0.15, 0.2) is 24.3 Å². The highest BCUT2D eigenvalue weighted by atomic mass is 16.5. The molecule has 3 N–H and O–H groups in total. The third kappa shape index (κ3) is 4.43. The molecule has 1 aromatic carbocycles. The van der Waals surface area contributed by atoms with Crippen LogP contribution in [0.1, 0.15) is 5.56 Å². The minimum atomic E-state index is -1.30. The lowest BCUT2D eigenvalue weighted by Gasteiger charge is -2.20. The number of aliphatic hydroxyl groups excluding tert-OH is 1. The number of carboxylic acid groups (broad SMARTS) is 1. The van der Waals surface area contributed by atoms with E-state index in [-0.39, 0.29) is 0 Å². The lowest BCUT2D eigenvalue weighted by molar-refractivity contribution is -0.140. The van der Waals surface area contributed by atoms with E-state index in [0.29, 0.717) is 12.3 Å². The number of hydrogen-bond acceptors (Lipinski definition) is 4. The van der Waals surface area contributed by atoms with Crippen LogP contribution >= 0.6 is 0 Å². The number of hydrogen-bond donors (Lipinski definition) is 3. The van der Waals surface area contributed by atoms with Crippen molar-refractivity contribution >= 4 is 12.0 Å². The number of carbonyl (C=O) groups is 2. The molecule has 7 nitrogen and oxygen atoms in total. The Balaban J connectivity index is 2.58. The number of carbonyl (C=O) groups excluding carboxylic acids is 1. The fraction of sp³-hybridized carbons (Fsp3) is 0.385. The summed E-state index contributed by atoms with van der Waals surface area (Å²) in [5.74, 6) is -0.564. The molecule has 0 aliphatic heterocycles. The van der Waals surface area contributed by atoms with Gasteiger partial charge < -0.3 is 25.2 Å². The zero-order valence-corrected chi connectivity index (χ0v) is 11.4. The highest BCUT2D eigenvalue weighted by Gasteiger charge is 2.20. The predicted octanol–water partition coefficient (Wildman–Crippen LogP) is 0.282.